The second-order valence-electron chi connectivity index (χ2n) is 3.86. The van der Waals surface area contributed by atoms with E-state index in [2.05, 4.69) is 38.9 Å². The van der Waals surface area contributed by atoms with Gasteiger partial charge in [-0.15, -0.1) is 0 Å². The largest absolute Gasteiger partial charge is 0.372 e. The number of thioether (sulfide) groups is 1. The number of nitrogens with one attached hydrogen (secondary N) is 1. The van der Waals surface area contributed by atoms with E-state index in [4.69, 9.17) is 0 Å². The summed E-state index contributed by atoms with van der Waals surface area (Å²) in [4.78, 5) is 11.1. The lowest BCUT2D eigenvalue weighted by atomic mass is 10.3. The molecule has 4 nitrogen and oxygen atoms in total. The lowest BCUT2D eigenvalue weighted by Gasteiger charge is -2.32. The lowest BCUT2D eigenvalue weighted by molar-refractivity contribution is 0.718. The molecule has 0 bridgehead atoms. The summed E-state index contributed by atoms with van der Waals surface area (Å²) >= 11 is 2.07. The van der Waals surface area contributed by atoms with Gasteiger partial charge in [-0.05, 0) is 6.42 Å². The van der Waals surface area contributed by atoms with Gasteiger partial charge in [0.2, 0.25) is 0 Å². The molecule has 88 valence electrons. The van der Waals surface area contributed by atoms with Crippen LogP contribution in [0.1, 0.15) is 13.3 Å². The van der Waals surface area contributed by atoms with E-state index < -0.39 is 0 Å². The molecule has 5 heteroatoms. The summed E-state index contributed by atoms with van der Waals surface area (Å²) in [6.45, 7) is 4.41. The van der Waals surface area contributed by atoms with E-state index >= 15 is 0 Å². The van der Waals surface area contributed by atoms with Gasteiger partial charge in [0.25, 0.3) is 0 Å². The summed E-state index contributed by atoms with van der Waals surface area (Å²) in [6.07, 6.45) is 4.82. The third-order valence-electron chi connectivity index (χ3n) is 2.80. The Morgan fingerprint density at radius 1 is 1.56 bits per heavy atom. The smallest absolute Gasteiger partial charge is 0.149 e. The van der Waals surface area contributed by atoms with E-state index in [0.717, 1.165) is 30.0 Å². The monoisotopic (exact) mass is 238 g/mol. The summed E-state index contributed by atoms with van der Waals surface area (Å²) in [6, 6.07) is 0. The molecule has 1 aliphatic heterocycles. The first kappa shape index (κ1) is 11.5. The molecular weight excluding hydrogens is 220 g/mol. The molecular formula is C11H18N4S. The van der Waals surface area contributed by atoms with Crippen molar-refractivity contribution < 1.29 is 0 Å². The molecule has 1 aliphatic rings. The van der Waals surface area contributed by atoms with E-state index in [1.807, 2.05) is 13.2 Å². The number of hydrogen-bond acceptors (Lipinski definition) is 5. The fourth-order valence-corrected chi connectivity index (χ4v) is 2.98. The Morgan fingerprint density at radius 3 is 3.19 bits per heavy atom. The molecule has 0 amide bonds. The first-order valence-corrected chi connectivity index (χ1v) is 6.74. The zero-order valence-corrected chi connectivity index (χ0v) is 10.6. The van der Waals surface area contributed by atoms with Crippen molar-refractivity contribution >= 4 is 23.4 Å². The maximum absolute atomic E-state index is 4.53. The Labute approximate surface area is 101 Å². The normalized spacial score (nSPS) is 20.9. The molecule has 1 N–H and O–H groups in total. The molecule has 2 heterocycles. The fourth-order valence-electron chi connectivity index (χ4n) is 1.80. The van der Waals surface area contributed by atoms with Gasteiger partial charge in [-0.3, -0.25) is 4.98 Å². The molecule has 1 unspecified atom stereocenters. The Morgan fingerprint density at radius 2 is 2.44 bits per heavy atom. The summed E-state index contributed by atoms with van der Waals surface area (Å²) in [7, 11) is 1.87. The number of nitrogens with zero attached hydrogens (tertiary/aromatic N) is 3. The molecule has 2 rings (SSSR count). The van der Waals surface area contributed by atoms with Crippen molar-refractivity contribution in [3.8, 4) is 0 Å². The molecule has 1 aromatic rings. The van der Waals surface area contributed by atoms with Crippen LogP contribution in [0, 0.1) is 0 Å². The van der Waals surface area contributed by atoms with Gasteiger partial charge in [0.05, 0.1) is 12.4 Å². The summed E-state index contributed by atoms with van der Waals surface area (Å²) in [5, 5.41) is 3.76. The second-order valence-corrected chi connectivity index (χ2v) is 5.27. The molecule has 0 saturated carbocycles. The molecule has 0 aromatic carbocycles. The highest BCUT2D eigenvalue weighted by atomic mass is 32.2. The minimum atomic E-state index is 0.730. The van der Waals surface area contributed by atoms with E-state index in [1.54, 1.807) is 6.20 Å². The first-order valence-electron chi connectivity index (χ1n) is 5.70. The number of rotatable bonds is 3. The summed E-state index contributed by atoms with van der Waals surface area (Å²) in [5.74, 6) is 3.01. The van der Waals surface area contributed by atoms with Gasteiger partial charge in [0.15, 0.2) is 0 Å². The molecule has 0 radical (unpaired) electrons. The predicted molar refractivity (Wildman–Crippen MR) is 70.3 cm³/mol. The SMILES string of the molecule is CCC1CN(c2cncc(NC)n2)CCS1. The second kappa shape index (κ2) is 5.39. The third-order valence-corrected chi connectivity index (χ3v) is 4.17. The molecule has 1 atom stereocenters. The van der Waals surface area contributed by atoms with Crippen LogP contribution >= 0.6 is 11.8 Å². The summed E-state index contributed by atoms with van der Waals surface area (Å²) < 4.78 is 0. The van der Waals surface area contributed by atoms with Crippen LogP contribution in [0.15, 0.2) is 12.4 Å². The topological polar surface area (TPSA) is 41.1 Å². The highest BCUT2D eigenvalue weighted by Crippen LogP contribution is 2.24. The number of anilines is 2. The van der Waals surface area contributed by atoms with Gasteiger partial charge < -0.3 is 10.2 Å². The Bertz CT molecular complexity index is 345. The van der Waals surface area contributed by atoms with Crippen LogP contribution in [-0.4, -0.2) is 41.1 Å². The van der Waals surface area contributed by atoms with Crippen molar-refractivity contribution in [2.24, 2.45) is 0 Å². The van der Waals surface area contributed by atoms with Crippen LogP contribution in [0.5, 0.6) is 0 Å². The van der Waals surface area contributed by atoms with E-state index in [0.29, 0.717) is 0 Å². The maximum atomic E-state index is 4.53. The van der Waals surface area contributed by atoms with Crippen LogP contribution < -0.4 is 10.2 Å². The van der Waals surface area contributed by atoms with Crippen molar-refractivity contribution in [1.82, 2.24) is 9.97 Å². The molecule has 1 fully saturated rings. The van der Waals surface area contributed by atoms with Gasteiger partial charge in [0.1, 0.15) is 11.6 Å². The minimum absolute atomic E-state index is 0.730. The van der Waals surface area contributed by atoms with Crippen LogP contribution in [0.25, 0.3) is 0 Å². The zero-order valence-electron chi connectivity index (χ0n) is 9.81. The van der Waals surface area contributed by atoms with Crippen molar-refractivity contribution in [3.63, 3.8) is 0 Å². The van der Waals surface area contributed by atoms with Gasteiger partial charge in [-0.25, -0.2) is 4.98 Å². The van der Waals surface area contributed by atoms with Crippen LogP contribution in [0.2, 0.25) is 0 Å². The average Bonchev–Trinajstić information content (AvgIpc) is 2.39. The molecule has 1 saturated heterocycles. The van der Waals surface area contributed by atoms with Crippen LogP contribution in [0.3, 0.4) is 0 Å². The fraction of sp³-hybridized carbons (Fsp3) is 0.636. The molecule has 0 spiro atoms. The van der Waals surface area contributed by atoms with Crippen molar-refractivity contribution in [2.75, 3.05) is 36.1 Å². The van der Waals surface area contributed by atoms with Crippen LogP contribution in [-0.2, 0) is 0 Å². The van der Waals surface area contributed by atoms with Crippen LogP contribution in [0.4, 0.5) is 11.6 Å². The standard InChI is InChI=1S/C11H18N4S/c1-3-9-8-15(4-5-16-9)11-7-13-6-10(12-2)14-11/h6-7,9H,3-5,8H2,1-2H3,(H,12,14). The maximum Gasteiger partial charge on any atom is 0.149 e. The Kier molecular flexibility index (Phi) is 3.88. The third kappa shape index (κ3) is 2.58. The zero-order chi connectivity index (χ0) is 11.4. The van der Waals surface area contributed by atoms with Crippen molar-refractivity contribution in [2.45, 2.75) is 18.6 Å². The van der Waals surface area contributed by atoms with Gasteiger partial charge in [-0.1, -0.05) is 6.92 Å². The van der Waals surface area contributed by atoms with E-state index in [9.17, 15) is 0 Å². The van der Waals surface area contributed by atoms with Gasteiger partial charge >= 0.3 is 0 Å². The highest BCUT2D eigenvalue weighted by molar-refractivity contribution is 8.00. The highest BCUT2D eigenvalue weighted by Gasteiger charge is 2.20. The van der Waals surface area contributed by atoms with Crippen molar-refractivity contribution in [3.05, 3.63) is 12.4 Å². The number of hydrogen-bond donors (Lipinski definition) is 1. The molecule has 0 aliphatic carbocycles. The lowest BCUT2D eigenvalue weighted by Crippen LogP contribution is -2.38. The molecule has 1 aromatic heterocycles. The average molecular weight is 238 g/mol. The van der Waals surface area contributed by atoms with E-state index in [-0.39, 0.29) is 0 Å². The van der Waals surface area contributed by atoms with Crippen molar-refractivity contribution in [1.29, 1.82) is 0 Å². The summed E-state index contributed by atoms with van der Waals surface area (Å²) in [5.41, 5.74) is 0. The Balaban J connectivity index is 2.10. The van der Waals surface area contributed by atoms with E-state index in [1.165, 1.54) is 12.2 Å². The van der Waals surface area contributed by atoms with Gasteiger partial charge in [-0.2, -0.15) is 11.8 Å². The quantitative estimate of drug-likeness (QED) is 0.870. The Hall–Kier alpha value is -0.970. The number of aromatic nitrogens is 2. The predicted octanol–water partition coefficient (Wildman–Crippen LogP) is 1.85. The first-order chi connectivity index (χ1) is 7.83. The minimum Gasteiger partial charge on any atom is -0.372 e. The van der Waals surface area contributed by atoms with Gasteiger partial charge in [0, 0.05) is 31.1 Å². The molecule has 16 heavy (non-hydrogen) atoms.